The van der Waals surface area contributed by atoms with E-state index in [4.69, 9.17) is 21.7 Å². The van der Waals surface area contributed by atoms with Crippen molar-refractivity contribution in [1.29, 1.82) is 0 Å². The number of rotatable bonds is 4. The van der Waals surface area contributed by atoms with Crippen molar-refractivity contribution in [3.05, 3.63) is 24.3 Å². The second-order valence-electron chi connectivity index (χ2n) is 7.42. The molecule has 6 nitrogen and oxygen atoms in total. The largest absolute Gasteiger partial charge is 0.491 e. The van der Waals surface area contributed by atoms with Gasteiger partial charge in [-0.2, -0.15) is 0 Å². The molecular formula is C19H29N3O3S. The van der Waals surface area contributed by atoms with Crippen molar-refractivity contribution >= 4 is 29.1 Å². The molecule has 0 bridgehead atoms. The lowest BCUT2D eigenvalue weighted by Gasteiger charge is -2.33. The monoisotopic (exact) mass is 379 g/mol. The van der Waals surface area contributed by atoms with Gasteiger partial charge in [0.15, 0.2) is 5.11 Å². The predicted molar refractivity (Wildman–Crippen MR) is 108 cm³/mol. The van der Waals surface area contributed by atoms with Crippen LogP contribution in [-0.4, -0.2) is 48.5 Å². The number of carbonyl (C=O) groups is 1. The zero-order valence-corrected chi connectivity index (χ0v) is 16.8. The van der Waals surface area contributed by atoms with Crippen molar-refractivity contribution in [2.45, 2.75) is 39.2 Å². The van der Waals surface area contributed by atoms with E-state index in [-0.39, 0.29) is 6.09 Å². The molecule has 1 aromatic rings. The van der Waals surface area contributed by atoms with Crippen LogP contribution in [0.4, 0.5) is 10.5 Å². The summed E-state index contributed by atoms with van der Waals surface area (Å²) in [7, 11) is 1.78. The number of hydrogen-bond donors (Lipinski definition) is 2. The third-order valence-electron chi connectivity index (χ3n) is 4.10. The van der Waals surface area contributed by atoms with Crippen molar-refractivity contribution in [3.8, 4) is 5.75 Å². The minimum atomic E-state index is -0.457. The summed E-state index contributed by atoms with van der Waals surface area (Å²) in [6.07, 6.45) is 1.58. The topological polar surface area (TPSA) is 62.8 Å². The first-order valence-electron chi connectivity index (χ1n) is 8.97. The van der Waals surface area contributed by atoms with E-state index in [1.54, 1.807) is 11.9 Å². The summed E-state index contributed by atoms with van der Waals surface area (Å²) in [6, 6.07) is 7.74. The molecule has 0 spiro atoms. The third kappa shape index (κ3) is 6.37. The average molecular weight is 380 g/mol. The maximum atomic E-state index is 12.1. The Bertz CT molecular complexity index is 623. The van der Waals surface area contributed by atoms with Gasteiger partial charge < -0.3 is 25.0 Å². The van der Waals surface area contributed by atoms with Crippen LogP contribution in [0.3, 0.4) is 0 Å². The fourth-order valence-electron chi connectivity index (χ4n) is 2.70. The van der Waals surface area contributed by atoms with E-state index in [1.165, 1.54) is 0 Å². The molecule has 26 heavy (non-hydrogen) atoms. The average Bonchev–Trinajstić information content (AvgIpc) is 2.60. The molecule has 1 fully saturated rings. The molecule has 7 heteroatoms. The molecule has 0 aromatic heterocycles. The molecule has 0 atom stereocenters. The molecular weight excluding hydrogens is 350 g/mol. The molecule has 1 heterocycles. The summed E-state index contributed by atoms with van der Waals surface area (Å²) in [6.45, 7) is 7.68. The summed E-state index contributed by atoms with van der Waals surface area (Å²) >= 11 is 5.15. The van der Waals surface area contributed by atoms with Crippen LogP contribution in [0.1, 0.15) is 33.6 Å². The van der Waals surface area contributed by atoms with E-state index < -0.39 is 5.60 Å². The lowest BCUT2D eigenvalue weighted by Crippen LogP contribution is -2.42. The smallest absolute Gasteiger partial charge is 0.410 e. The minimum Gasteiger partial charge on any atom is -0.491 e. The van der Waals surface area contributed by atoms with Crippen LogP contribution < -0.4 is 15.4 Å². The van der Waals surface area contributed by atoms with Crippen LogP contribution in [0.2, 0.25) is 0 Å². The van der Waals surface area contributed by atoms with Crippen LogP contribution in [0.5, 0.6) is 5.75 Å². The highest BCUT2D eigenvalue weighted by molar-refractivity contribution is 7.80. The molecule has 0 radical (unpaired) electrons. The quantitative estimate of drug-likeness (QED) is 0.779. The zero-order chi connectivity index (χ0) is 19.2. The normalized spacial score (nSPS) is 15.3. The lowest BCUT2D eigenvalue weighted by atomic mass is 9.98. The molecule has 1 aromatic carbocycles. The Balaban J connectivity index is 1.82. The second-order valence-corrected chi connectivity index (χ2v) is 7.83. The number of thiocarbonyl (C=S) groups is 1. The van der Waals surface area contributed by atoms with Crippen molar-refractivity contribution in [1.82, 2.24) is 10.2 Å². The third-order valence-corrected chi connectivity index (χ3v) is 4.41. The number of amides is 1. The van der Waals surface area contributed by atoms with Gasteiger partial charge in [0, 0.05) is 20.1 Å². The Labute approximate surface area is 161 Å². The fourth-order valence-corrected chi connectivity index (χ4v) is 2.81. The van der Waals surface area contributed by atoms with E-state index in [0.717, 1.165) is 24.3 Å². The van der Waals surface area contributed by atoms with E-state index in [1.807, 2.05) is 45.0 Å². The number of hydrogen-bond acceptors (Lipinski definition) is 4. The Morgan fingerprint density at radius 1 is 1.27 bits per heavy atom. The summed E-state index contributed by atoms with van der Waals surface area (Å²) in [4.78, 5) is 13.9. The molecule has 1 amide bonds. The van der Waals surface area contributed by atoms with Gasteiger partial charge in [-0.15, -0.1) is 0 Å². The maximum absolute atomic E-state index is 12.1. The van der Waals surface area contributed by atoms with Crippen LogP contribution in [0.25, 0.3) is 0 Å². The van der Waals surface area contributed by atoms with Gasteiger partial charge in [0.05, 0.1) is 12.3 Å². The molecule has 0 aliphatic carbocycles. The van der Waals surface area contributed by atoms with E-state index in [2.05, 4.69) is 10.6 Å². The van der Waals surface area contributed by atoms with Crippen LogP contribution in [0, 0.1) is 5.92 Å². The standard InChI is InChI=1S/C19H29N3O3S/c1-19(2,3)25-18(23)22-11-9-14(10-12-22)13-24-16-8-6-5-7-15(16)21-17(26)20-4/h5-8,14H,9-13H2,1-4H3,(H2,20,21,26). The van der Waals surface area contributed by atoms with Crippen molar-refractivity contribution in [2.24, 2.45) is 5.92 Å². The molecule has 0 saturated carbocycles. The van der Waals surface area contributed by atoms with Crippen molar-refractivity contribution in [2.75, 3.05) is 32.1 Å². The molecule has 2 rings (SSSR count). The lowest BCUT2D eigenvalue weighted by molar-refractivity contribution is 0.0165. The SMILES string of the molecule is CNC(=S)Nc1ccccc1OCC1CCN(C(=O)OC(C)(C)C)CC1. The van der Waals surface area contributed by atoms with Gasteiger partial charge in [0.2, 0.25) is 0 Å². The summed E-state index contributed by atoms with van der Waals surface area (Å²) in [5, 5.41) is 6.56. The number of likely N-dealkylation sites (tertiary alicyclic amines) is 1. The van der Waals surface area contributed by atoms with Gasteiger partial charge >= 0.3 is 6.09 Å². The van der Waals surface area contributed by atoms with E-state index in [0.29, 0.717) is 30.7 Å². The van der Waals surface area contributed by atoms with Gasteiger partial charge in [-0.05, 0) is 63.9 Å². The Morgan fingerprint density at radius 3 is 2.54 bits per heavy atom. The first-order valence-corrected chi connectivity index (χ1v) is 9.38. The van der Waals surface area contributed by atoms with Gasteiger partial charge in [-0.3, -0.25) is 0 Å². The summed E-state index contributed by atoms with van der Waals surface area (Å²) in [5.41, 5.74) is 0.389. The van der Waals surface area contributed by atoms with Crippen LogP contribution >= 0.6 is 12.2 Å². The highest BCUT2D eigenvalue weighted by atomic mass is 32.1. The predicted octanol–water partition coefficient (Wildman–Crippen LogP) is 3.63. The Morgan fingerprint density at radius 2 is 1.92 bits per heavy atom. The Kier molecular flexibility index (Phi) is 7.08. The number of piperidine rings is 1. The summed E-state index contributed by atoms with van der Waals surface area (Å²) < 4.78 is 11.4. The summed E-state index contributed by atoms with van der Waals surface area (Å²) in [5.74, 6) is 1.19. The molecule has 144 valence electrons. The number of anilines is 1. The molecule has 2 N–H and O–H groups in total. The second kappa shape index (κ2) is 9.07. The Hall–Kier alpha value is -2.02. The molecule has 1 aliphatic rings. The van der Waals surface area contributed by atoms with E-state index in [9.17, 15) is 4.79 Å². The van der Waals surface area contributed by atoms with Crippen LogP contribution in [0.15, 0.2) is 24.3 Å². The molecule has 1 saturated heterocycles. The maximum Gasteiger partial charge on any atom is 0.410 e. The van der Waals surface area contributed by atoms with Gasteiger partial charge in [-0.25, -0.2) is 4.79 Å². The van der Waals surface area contributed by atoms with Crippen molar-refractivity contribution < 1.29 is 14.3 Å². The van der Waals surface area contributed by atoms with E-state index >= 15 is 0 Å². The molecule has 0 unspecified atom stereocenters. The number of nitrogens with one attached hydrogen (secondary N) is 2. The number of nitrogens with zero attached hydrogens (tertiary/aromatic N) is 1. The molecule has 1 aliphatic heterocycles. The fraction of sp³-hybridized carbons (Fsp3) is 0.579. The number of benzene rings is 1. The van der Waals surface area contributed by atoms with Gasteiger partial charge in [-0.1, -0.05) is 12.1 Å². The number of ether oxygens (including phenoxy) is 2. The highest BCUT2D eigenvalue weighted by Crippen LogP contribution is 2.26. The number of para-hydroxylation sites is 2. The minimum absolute atomic E-state index is 0.230. The first kappa shape index (κ1) is 20.3. The first-order chi connectivity index (χ1) is 12.3. The van der Waals surface area contributed by atoms with Crippen LogP contribution in [-0.2, 0) is 4.74 Å². The van der Waals surface area contributed by atoms with Gasteiger partial charge in [0.25, 0.3) is 0 Å². The van der Waals surface area contributed by atoms with Crippen molar-refractivity contribution in [3.63, 3.8) is 0 Å². The number of carbonyl (C=O) groups excluding carboxylic acids is 1. The highest BCUT2D eigenvalue weighted by Gasteiger charge is 2.27. The van der Waals surface area contributed by atoms with Gasteiger partial charge in [0.1, 0.15) is 11.4 Å². The zero-order valence-electron chi connectivity index (χ0n) is 16.0.